The molecule has 0 aliphatic carbocycles. The Hall–Kier alpha value is -0.640. The van der Waals surface area contributed by atoms with Crippen molar-refractivity contribution in [3.63, 3.8) is 0 Å². The van der Waals surface area contributed by atoms with E-state index in [2.05, 4.69) is 20.8 Å². The van der Waals surface area contributed by atoms with Gasteiger partial charge in [-0.1, -0.05) is 0 Å². The van der Waals surface area contributed by atoms with Crippen molar-refractivity contribution in [2.45, 2.75) is 0 Å². The Morgan fingerprint density at radius 1 is 1.80 bits per heavy atom. The van der Waals surface area contributed by atoms with Crippen LogP contribution in [-0.2, 0) is 13.7 Å². The van der Waals surface area contributed by atoms with Crippen LogP contribution in [0, 0.1) is 11.5 Å². The first-order valence-corrected chi connectivity index (χ1v) is 3.40. The zero-order chi connectivity index (χ0) is 8.62. The van der Waals surface area contributed by atoms with Gasteiger partial charge in [-0.25, -0.2) is 15.1 Å². The summed E-state index contributed by atoms with van der Waals surface area (Å²) in [5.41, 5.74) is 4.15. The van der Waals surface area contributed by atoms with Gasteiger partial charge in [0.15, 0.2) is 6.19 Å². The Balaban J connectivity index is 0. The molecular weight excluding hydrogens is 161 g/mol. The number of nitriles is 1. The second-order valence-electron chi connectivity index (χ2n) is 0.886. The zero-order valence-corrected chi connectivity index (χ0v) is 6.12. The molecule has 1 atom stereocenters. The molecule has 0 saturated heterocycles. The lowest BCUT2D eigenvalue weighted by molar-refractivity contribution is 0.176. The van der Waals surface area contributed by atoms with E-state index in [-0.39, 0.29) is 0 Å². The summed E-state index contributed by atoms with van der Waals surface area (Å²) < 4.78 is 17.3. The molecule has 0 saturated carbocycles. The van der Waals surface area contributed by atoms with Crippen LogP contribution in [-0.4, -0.2) is 12.0 Å². The molecule has 0 aliphatic rings. The predicted molar refractivity (Wildman–Crippen MR) is 31.9 cm³/mol. The van der Waals surface area contributed by atoms with Crippen LogP contribution in [0.15, 0.2) is 0 Å². The quantitative estimate of drug-likeness (QED) is 0.210. The van der Waals surface area contributed by atoms with E-state index < -0.39 is 7.82 Å². The maximum Gasteiger partial charge on any atom is 0.488 e. The van der Waals surface area contributed by atoms with E-state index in [0.717, 1.165) is 7.11 Å². The molecule has 0 radical (unpaired) electrons. The minimum atomic E-state index is -3.88. The first-order valence-electron chi connectivity index (χ1n) is 1.90. The summed E-state index contributed by atoms with van der Waals surface area (Å²) in [6.07, 6.45) is 1.25. The Morgan fingerprint density at radius 3 is 2.10 bits per heavy atom. The van der Waals surface area contributed by atoms with Crippen LogP contribution in [0.5, 0.6) is 0 Å². The van der Waals surface area contributed by atoms with E-state index >= 15 is 0 Å². The van der Waals surface area contributed by atoms with Crippen molar-refractivity contribution in [3.8, 4) is 6.19 Å². The standard InChI is InChI=1S/CH2N2.CH6NO4P/c2-1-3;1-5-7(3,4)6-2/h2H2;2H2,1H3,(H,3,4). The van der Waals surface area contributed by atoms with Crippen LogP contribution >= 0.6 is 7.82 Å². The summed E-state index contributed by atoms with van der Waals surface area (Å²) in [6.45, 7) is 0. The normalized spacial score (nSPS) is 13.8. The largest absolute Gasteiger partial charge is 0.488 e. The van der Waals surface area contributed by atoms with Crippen LogP contribution in [0.4, 0.5) is 0 Å². The van der Waals surface area contributed by atoms with Crippen molar-refractivity contribution in [1.29, 1.82) is 5.26 Å². The number of phosphoric ester groups is 1. The van der Waals surface area contributed by atoms with Crippen molar-refractivity contribution >= 4 is 7.82 Å². The highest BCUT2D eigenvalue weighted by molar-refractivity contribution is 7.47. The van der Waals surface area contributed by atoms with Gasteiger partial charge in [-0.05, 0) is 0 Å². The Kier molecular flexibility index (Phi) is 7.82. The predicted octanol–water partition coefficient (Wildman–Crippen LogP) is -0.950. The molecule has 7 nitrogen and oxygen atoms in total. The molecule has 1 unspecified atom stereocenters. The van der Waals surface area contributed by atoms with Gasteiger partial charge in [-0.3, -0.25) is 4.52 Å². The second-order valence-corrected chi connectivity index (χ2v) is 2.40. The lowest BCUT2D eigenvalue weighted by Gasteiger charge is -2.00. The maximum atomic E-state index is 9.94. The smallest absolute Gasteiger partial charge is 0.337 e. The molecule has 0 spiro atoms. The SMILES string of the molecule is COP(=O)(O)ON.N#CN. The van der Waals surface area contributed by atoms with Crippen LogP contribution < -0.4 is 11.6 Å². The fourth-order valence-corrected chi connectivity index (χ4v) is 0.129. The van der Waals surface area contributed by atoms with Crippen molar-refractivity contribution in [2.24, 2.45) is 11.6 Å². The van der Waals surface area contributed by atoms with Crippen LogP contribution in [0.1, 0.15) is 0 Å². The molecule has 0 bridgehead atoms. The van der Waals surface area contributed by atoms with E-state index in [9.17, 15) is 4.57 Å². The number of hydrogen-bond donors (Lipinski definition) is 3. The minimum Gasteiger partial charge on any atom is -0.337 e. The third-order valence-electron chi connectivity index (χ3n) is 0.364. The van der Waals surface area contributed by atoms with E-state index in [0.29, 0.717) is 0 Å². The first-order chi connectivity index (χ1) is 4.54. The molecule has 0 aromatic carbocycles. The third-order valence-corrected chi connectivity index (χ3v) is 1.09. The van der Waals surface area contributed by atoms with Crippen LogP contribution in [0.2, 0.25) is 0 Å². The highest BCUT2D eigenvalue weighted by atomic mass is 31.2. The molecule has 0 rings (SSSR count). The monoisotopic (exact) mass is 169 g/mol. The highest BCUT2D eigenvalue weighted by Crippen LogP contribution is 2.38. The highest BCUT2D eigenvalue weighted by Gasteiger charge is 2.14. The Morgan fingerprint density at radius 2 is 2.10 bits per heavy atom. The zero-order valence-electron chi connectivity index (χ0n) is 5.22. The molecule has 10 heavy (non-hydrogen) atoms. The molecule has 0 aromatic rings. The summed E-state index contributed by atoms with van der Waals surface area (Å²) in [5, 5.41) is 7.10. The number of nitrogens with zero attached hydrogens (tertiary/aromatic N) is 1. The fraction of sp³-hybridized carbons (Fsp3) is 0.500. The maximum absolute atomic E-state index is 9.94. The topological polar surface area (TPSA) is 132 Å². The van der Waals surface area contributed by atoms with Crippen molar-refractivity contribution in [3.05, 3.63) is 0 Å². The van der Waals surface area contributed by atoms with Crippen molar-refractivity contribution in [2.75, 3.05) is 7.11 Å². The van der Waals surface area contributed by atoms with Gasteiger partial charge in [0.05, 0.1) is 0 Å². The third kappa shape index (κ3) is 10.4. The van der Waals surface area contributed by atoms with Gasteiger partial charge in [-0.2, -0.15) is 5.26 Å². The summed E-state index contributed by atoms with van der Waals surface area (Å²) in [7, 11) is -2.86. The lowest BCUT2D eigenvalue weighted by atomic mass is 11.5. The molecule has 0 fully saturated rings. The van der Waals surface area contributed by atoms with Gasteiger partial charge < -0.3 is 10.6 Å². The average molecular weight is 169 g/mol. The lowest BCUT2D eigenvalue weighted by Crippen LogP contribution is -1.96. The van der Waals surface area contributed by atoms with Gasteiger partial charge in [0.1, 0.15) is 0 Å². The van der Waals surface area contributed by atoms with E-state index in [1.54, 1.807) is 0 Å². The van der Waals surface area contributed by atoms with Gasteiger partial charge in [-0.15, -0.1) is 0 Å². The molecule has 5 N–H and O–H groups in total. The summed E-state index contributed by atoms with van der Waals surface area (Å²) in [5.74, 6) is 4.28. The van der Waals surface area contributed by atoms with Crippen molar-refractivity contribution < 1.29 is 18.6 Å². The van der Waals surface area contributed by atoms with Gasteiger partial charge in [0, 0.05) is 7.11 Å². The molecule has 0 amide bonds. The summed E-state index contributed by atoms with van der Waals surface area (Å²) >= 11 is 0. The van der Waals surface area contributed by atoms with Crippen molar-refractivity contribution in [1.82, 2.24) is 0 Å². The average Bonchev–Trinajstić information content (AvgIpc) is 1.90. The van der Waals surface area contributed by atoms with E-state index in [4.69, 9.17) is 10.2 Å². The van der Waals surface area contributed by atoms with Gasteiger partial charge >= 0.3 is 7.82 Å². The van der Waals surface area contributed by atoms with E-state index in [1.807, 2.05) is 0 Å². The van der Waals surface area contributed by atoms with Crippen LogP contribution in [0.25, 0.3) is 0 Å². The van der Waals surface area contributed by atoms with Gasteiger partial charge in [0.2, 0.25) is 0 Å². The molecule has 8 heteroatoms. The van der Waals surface area contributed by atoms with Gasteiger partial charge in [0.25, 0.3) is 0 Å². The number of phosphoric acid groups is 1. The Bertz CT molecular complexity index is 145. The summed E-state index contributed by atoms with van der Waals surface area (Å²) in [6, 6.07) is 0. The molecular formula is C2H8N3O4P. The number of nitrogens with two attached hydrogens (primary N) is 2. The minimum absolute atomic E-state index is 1.02. The molecule has 0 heterocycles. The van der Waals surface area contributed by atoms with E-state index in [1.165, 1.54) is 6.19 Å². The number of rotatable bonds is 2. The second kappa shape index (κ2) is 6.48. The summed E-state index contributed by atoms with van der Waals surface area (Å²) in [4.78, 5) is 8.12. The molecule has 0 aromatic heterocycles. The molecule has 0 aliphatic heterocycles. The number of hydrogen-bond acceptors (Lipinski definition) is 6. The first kappa shape index (κ1) is 12.1. The molecule has 60 valence electrons. The Labute approximate surface area is 57.7 Å². The van der Waals surface area contributed by atoms with Crippen LogP contribution in [0.3, 0.4) is 0 Å². The fourth-order valence-electron chi connectivity index (χ4n) is 0.0430.